The minimum absolute atomic E-state index is 0.298. The van der Waals surface area contributed by atoms with Gasteiger partial charge in [0.25, 0.3) is 5.91 Å². The summed E-state index contributed by atoms with van der Waals surface area (Å²) in [5.41, 5.74) is 3.12. The van der Waals surface area contributed by atoms with Gasteiger partial charge in [0.15, 0.2) is 5.82 Å². The second-order valence-electron chi connectivity index (χ2n) is 4.91. The zero-order valence-electron chi connectivity index (χ0n) is 12.4. The maximum absolute atomic E-state index is 12.1. The fourth-order valence-corrected chi connectivity index (χ4v) is 2.75. The van der Waals surface area contributed by atoms with E-state index in [2.05, 4.69) is 24.9 Å². The lowest BCUT2D eigenvalue weighted by atomic mass is 10.1. The molecule has 116 valence electrons. The molecule has 0 aliphatic heterocycles. The van der Waals surface area contributed by atoms with Gasteiger partial charge >= 0.3 is 0 Å². The van der Waals surface area contributed by atoms with Crippen LogP contribution >= 0.6 is 23.1 Å². The van der Waals surface area contributed by atoms with E-state index in [1.165, 1.54) is 6.20 Å². The van der Waals surface area contributed by atoms with Gasteiger partial charge in [-0.3, -0.25) is 9.78 Å². The second-order valence-corrected chi connectivity index (χ2v) is 6.07. The monoisotopic (exact) mass is 345 g/mol. The van der Waals surface area contributed by atoms with Crippen LogP contribution in [0.25, 0.3) is 11.3 Å². The summed E-state index contributed by atoms with van der Waals surface area (Å²) in [6, 6.07) is 5.69. The SMILES string of the molecule is Cc1ccc(Cl)c(-c2cnc(NC(=O)c3snnc3C)cn2)c1. The molecule has 8 heteroatoms. The second kappa shape index (κ2) is 6.39. The number of carbonyl (C=O) groups excluding carboxylic acids is 1. The van der Waals surface area contributed by atoms with Crippen molar-refractivity contribution in [3.8, 4) is 11.3 Å². The zero-order valence-corrected chi connectivity index (χ0v) is 13.9. The number of amides is 1. The Morgan fingerprint density at radius 3 is 2.70 bits per heavy atom. The Balaban J connectivity index is 1.81. The number of nitrogens with one attached hydrogen (secondary N) is 1. The fraction of sp³-hybridized carbons (Fsp3) is 0.133. The van der Waals surface area contributed by atoms with Gasteiger partial charge in [-0.15, -0.1) is 5.10 Å². The van der Waals surface area contributed by atoms with Crippen LogP contribution in [0, 0.1) is 13.8 Å². The first-order chi connectivity index (χ1) is 11.0. The molecule has 0 fully saturated rings. The van der Waals surface area contributed by atoms with Crippen molar-refractivity contribution >= 4 is 34.9 Å². The molecule has 3 rings (SSSR count). The first-order valence-electron chi connectivity index (χ1n) is 6.73. The van der Waals surface area contributed by atoms with Crippen LogP contribution < -0.4 is 5.32 Å². The molecule has 0 saturated heterocycles. The topological polar surface area (TPSA) is 80.7 Å². The Bertz CT molecular complexity index is 863. The van der Waals surface area contributed by atoms with E-state index in [1.54, 1.807) is 13.1 Å². The van der Waals surface area contributed by atoms with Gasteiger partial charge in [0.2, 0.25) is 0 Å². The minimum Gasteiger partial charge on any atom is -0.304 e. The average molecular weight is 346 g/mol. The van der Waals surface area contributed by atoms with Crippen LogP contribution in [0.15, 0.2) is 30.6 Å². The molecule has 0 saturated carbocycles. The third kappa shape index (κ3) is 3.35. The van der Waals surface area contributed by atoms with Crippen molar-refractivity contribution in [2.75, 3.05) is 5.32 Å². The molecule has 3 aromatic rings. The minimum atomic E-state index is -0.298. The highest BCUT2D eigenvalue weighted by atomic mass is 35.5. The summed E-state index contributed by atoms with van der Waals surface area (Å²) in [5.74, 6) is 0.0588. The van der Waals surface area contributed by atoms with Crippen LogP contribution in [0.4, 0.5) is 5.82 Å². The molecular weight excluding hydrogens is 334 g/mol. The predicted octanol–water partition coefficient (Wildman–Crippen LogP) is 3.52. The van der Waals surface area contributed by atoms with E-state index in [1.807, 2.05) is 25.1 Å². The van der Waals surface area contributed by atoms with E-state index < -0.39 is 0 Å². The van der Waals surface area contributed by atoms with Crippen molar-refractivity contribution in [2.45, 2.75) is 13.8 Å². The molecule has 6 nitrogen and oxygen atoms in total. The number of aromatic nitrogens is 4. The van der Waals surface area contributed by atoms with Gasteiger partial charge in [-0.2, -0.15) is 0 Å². The van der Waals surface area contributed by atoms with Gasteiger partial charge < -0.3 is 5.32 Å². The lowest BCUT2D eigenvalue weighted by molar-refractivity contribution is 0.102. The van der Waals surface area contributed by atoms with Crippen LogP contribution in [0.5, 0.6) is 0 Å². The molecular formula is C15H12ClN5OS. The maximum atomic E-state index is 12.1. The number of nitrogens with zero attached hydrogens (tertiary/aromatic N) is 4. The molecule has 0 spiro atoms. The summed E-state index contributed by atoms with van der Waals surface area (Å²) in [6.45, 7) is 3.71. The number of aryl methyl sites for hydroxylation is 2. The number of carbonyl (C=O) groups is 1. The standard InChI is InChI=1S/C15H12ClN5OS/c1-8-3-4-11(16)10(5-8)12-6-18-13(7-17-12)19-15(22)14-9(2)20-21-23-14/h3-7H,1-2H3,(H,18,19,22). The van der Waals surface area contributed by atoms with Crippen LogP contribution in [-0.4, -0.2) is 25.5 Å². The third-order valence-electron chi connectivity index (χ3n) is 3.15. The fourth-order valence-electron chi connectivity index (χ4n) is 1.98. The lowest BCUT2D eigenvalue weighted by Gasteiger charge is -2.06. The number of benzene rings is 1. The Morgan fingerprint density at radius 2 is 2.04 bits per heavy atom. The molecule has 0 aliphatic carbocycles. The van der Waals surface area contributed by atoms with E-state index in [0.29, 0.717) is 27.1 Å². The van der Waals surface area contributed by atoms with Crippen molar-refractivity contribution in [3.05, 3.63) is 51.7 Å². The number of anilines is 1. The molecule has 2 heterocycles. The number of halogens is 1. The molecule has 0 radical (unpaired) electrons. The molecule has 1 amide bonds. The van der Waals surface area contributed by atoms with Crippen molar-refractivity contribution in [3.63, 3.8) is 0 Å². The van der Waals surface area contributed by atoms with E-state index in [9.17, 15) is 4.79 Å². The van der Waals surface area contributed by atoms with Crippen molar-refractivity contribution in [1.82, 2.24) is 19.6 Å². The van der Waals surface area contributed by atoms with Crippen LogP contribution in [-0.2, 0) is 0 Å². The Kier molecular flexibility index (Phi) is 4.31. The predicted molar refractivity (Wildman–Crippen MR) is 89.8 cm³/mol. The first-order valence-corrected chi connectivity index (χ1v) is 7.88. The molecule has 1 N–H and O–H groups in total. The average Bonchev–Trinajstić information content (AvgIpc) is 2.97. The molecule has 0 unspecified atom stereocenters. The van der Waals surface area contributed by atoms with E-state index in [-0.39, 0.29) is 5.91 Å². The maximum Gasteiger partial charge on any atom is 0.270 e. The summed E-state index contributed by atoms with van der Waals surface area (Å²) in [4.78, 5) is 21.1. The summed E-state index contributed by atoms with van der Waals surface area (Å²) < 4.78 is 3.74. The van der Waals surface area contributed by atoms with Gasteiger partial charge in [0.1, 0.15) is 4.88 Å². The normalized spacial score (nSPS) is 10.6. The summed E-state index contributed by atoms with van der Waals surface area (Å²) in [7, 11) is 0. The summed E-state index contributed by atoms with van der Waals surface area (Å²) in [6.07, 6.45) is 3.07. The highest BCUT2D eigenvalue weighted by Gasteiger charge is 2.14. The molecule has 0 bridgehead atoms. The van der Waals surface area contributed by atoms with Gasteiger partial charge in [-0.1, -0.05) is 27.7 Å². The van der Waals surface area contributed by atoms with Gasteiger partial charge in [-0.25, -0.2) is 4.98 Å². The first kappa shape index (κ1) is 15.5. The summed E-state index contributed by atoms with van der Waals surface area (Å²) in [5, 5.41) is 7.09. The molecule has 1 aromatic carbocycles. The van der Waals surface area contributed by atoms with Crippen LogP contribution in [0.3, 0.4) is 0 Å². The zero-order chi connectivity index (χ0) is 16.4. The van der Waals surface area contributed by atoms with Crippen LogP contribution in [0.2, 0.25) is 5.02 Å². The molecule has 2 aromatic heterocycles. The third-order valence-corrected chi connectivity index (χ3v) is 4.31. The van der Waals surface area contributed by atoms with Crippen molar-refractivity contribution in [2.24, 2.45) is 0 Å². The van der Waals surface area contributed by atoms with Gasteiger partial charge in [0.05, 0.1) is 28.8 Å². The van der Waals surface area contributed by atoms with Gasteiger partial charge in [-0.05, 0) is 37.5 Å². The Hall–Kier alpha value is -2.38. The largest absolute Gasteiger partial charge is 0.304 e. The van der Waals surface area contributed by atoms with Crippen LogP contribution in [0.1, 0.15) is 20.9 Å². The number of hydrogen-bond donors (Lipinski definition) is 1. The van der Waals surface area contributed by atoms with Gasteiger partial charge in [0, 0.05) is 5.56 Å². The Labute approximate surface area is 141 Å². The smallest absolute Gasteiger partial charge is 0.270 e. The summed E-state index contributed by atoms with van der Waals surface area (Å²) >= 11 is 7.23. The van der Waals surface area contributed by atoms with E-state index in [0.717, 1.165) is 22.7 Å². The highest BCUT2D eigenvalue weighted by molar-refractivity contribution is 7.08. The lowest BCUT2D eigenvalue weighted by Crippen LogP contribution is -2.13. The number of hydrogen-bond acceptors (Lipinski definition) is 6. The molecule has 0 aliphatic rings. The number of rotatable bonds is 3. The Morgan fingerprint density at radius 1 is 1.22 bits per heavy atom. The highest BCUT2D eigenvalue weighted by Crippen LogP contribution is 2.27. The quantitative estimate of drug-likeness (QED) is 0.785. The molecule has 23 heavy (non-hydrogen) atoms. The van der Waals surface area contributed by atoms with E-state index >= 15 is 0 Å². The van der Waals surface area contributed by atoms with Crippen molar-refractivity contribution < 1.29 is 4.79 Å². The van der Waals surface area contributed by atoms with E-state index in [4.69, 9.17) is 11.6 Å². The van der Waals surface area contributed by atoms with Crippen molar-refractivity contribution in [1.29, 1.82) is 0 Å². The molecule has 0 atom stereocenters.